The third-order valence-corrected chi connectivity index (χ3v) is 9.10. The van der Waals surface area contributed by atoms with E-state index >= 15 is 0 Å². The zero-order valence-electron chi connectivity index (χ0n) is 25.8. The molecule has 14 nitrogen and oxygen atoms in total. The summed E-state index contributed by atoms with van der Waals surface area (Å²) in [7, 11) is 0. The molecule has 1 unspecified atom stereocenters. The topological polar surface area (TPSA) is 225 Å². The Kier molecular flexibility index (Phi) is 11.0. The van der Waals surface area contributed by atoms with Crippen LogP contribution in [-0.2, 0) is 23.7 Å². The summed E-state index contributed by atoms with van der Waals surface area (Å²) in [6.07, 6.45) is -7.91. The molecular formula is C31H46O14. The number of hydrogen-bond donors (Lipinski definition) is 8. The Morgan fingerprint density at radius 2 is 1.73 bits per heavy atom. The Morgan fingerprint density at radius 1 is 1.07 bits per heavy atom. The predicted molar refractivity (Wildman–Crippen MR) is 155 cm³/mol. The van der Waals surface area contributed by atoms with Gasteiger partial charge in [0.1, 0.15) is 42.9 Å². The lowest BCUT2D eigenvalue weighted by molar-refractivity contribution is -0.325. The van der Waals surface area contributed by atoms with Gasteiger partial charge in [-0.15, -0.1) is 0 Å². The molecule has 3 aliphatic rings. The van der Waals surface area contributed by atoms with Crippen LogP contribution in [0.4, 0.5) is 0 Å². The van der Waals surface area contributed by atoms with Gasteiger partial charge in [-0.05, 0) is 55.4 Å². The van der Waals surface area contributed by atoms with Crippen LogP contribution in [0.5, 0.6) is 5.75 Å². The van der Waals surface area contributed by atoms with Crippen molar-refractivity contribution in [1.82, 2.24) is 0 Å². The van der Waals surface area contributed by atoms with Crippen LogP contribution < -0.4 is 0 Å². The molecule has 254 valence electrons. The minimum Gasteiger partial charge on any atom is -0.508 e. The molecule has 14 heteroatoms. The molecule has 0 aromatic heterocycles. The van der Waals surface area contributed by atoms with E-state index in [0.29, 0.717) is 12.8 Å². The molecule has 0 bridgehead atoms. The van der Waals surface area contributed by atoms with E-state index in [1.807, 2.05) is 20.8 Å². The number of aromatic hydroxyl groups is 1. The van der Waals surface area contributed by atoms with Crippen molar-refractivity contribution in [2.75, 3.05) is 19.8 Å². The first kappa shape index (κ1) is 35.6. The van der Waals surface area contributed by atoms with E-state index in [9.17, 15) is 45.6 Å². The molecule has 4 rings (SSSR count). The van der Waals surface area contributed by atoms with Crippen molar-refractivity contribution in [1.29, 1.82) is 0 Å². The first-order valence-corrected chi connectivity index (χ1v) is 15.0. The van der Waals surface area contributed by atoms with Crippen molar-refractivity contribution >= 4 is 5.97 Å². The van der Waals surface area contributed by atoms with Gasteiger partial charge in [-0.2, -0.15) is 0 Å². The number of phenols is 1. The number of aliphatic hydroxyl groups is 7. The minimum absolute atomic E-state index is 0.0419. The van der Waals surface area contributed by atoms with Crippen LogP contribution in [0.3, 0.4) is 0 Å². The van der Waals surface area contributed by atoms with Gasteiger partial charge >= 0.3 is 5.97 Å². The molecule has 0 spiro atoms. The summed E-state index contributed by atoms with van der Waals surface area (Å²) in [6.45, 7) is 5.65. The highest BCUT2D eigenvalue weighted by Gasteiger charge is 2.54. The van der Waals surface area contributed by atoms with Gasteiger partial charge in [-0.25, -0.2) is 4.79 Å². The van der Waals surface area contributed by atoms with Crippen molar-refractivity contribution in [3.05, 3.63) is 42.0 Å². The number of esters is 1. The van der Waals surface area contributed by atoms with E-state index in [1.54, 1.807) is 13.0 Å². The molecule has 1 aliphatic carbocycles. The van der Waals surface area contributed by atoms with E-state index in [-0.39, 0.29) is 17.2 Å². The molecule has 3 fully saturated rings. The molecule has 1 aromatic carbocycles. The van der Waals surface area contributed by atoms with E-state index in [0.717, 1.165) is 0 Å². The van der Waals surface area contributed by atoms with E-state index in [2.05, 4.69) is 0 Å². The summed E-state index contributed by atoms with van der Waals surface area (Å²) in [6, 6.07) is 5.26. The number of benzene rings is 1. The number of rotatable bonds is 10. The number of carbonyl (C=O) groups is 1. The van der Waals surface area contributed by atoms with Gasteiger partial charge in [0.15, 0.2) is 18.2 Å². The third kappa shape index (κ3) is 7.68. The van der Waals surface area contributed by atoms with E-state index in [4.69, 9.17) is 23.7 Å². The molecule has 0 radical (unpaired) electrons. The lowest BCUT2D eigenvalue weighted by Crippen LogP contribution is -2.61. The van der Waals surface area contributed by atoms with Crippen molar-refractivity contribution in [3.8, 4) is 5.75 Å². The summed E-state index contributed by atoms with van der Waals surface area (Å²) in [5.74, 6) is -1.15. The molecule has 12 atom stereocenters. The average molecular weight is 643 g/mol. The summed E-state index contributed by atoms with van der Waals surface area (Å²) < 4.78 is 27.9. The van der Waals surface area contributed by atoms with Crippen molar-refractivity contribution in [2.45, 2.75) is 107 Å². The second kappa shape index (κ2) is 13.9. The monoisotopic (exact) mass is 642 g/mol. The van der Waals surface area contributed by atoms with Gasteiger partial charge in [-0.1, -0.05) is 32.9 Å². The second-order valence-corrected chi connectivity index (χ2v) is 13.1. The molecule has 2 saturated heterocycles. The number of carbonyl (C=O) groups excluding carboxylic acids is 1. The van der Waals surface area contributed by atoms with Crippen molar-refractivity contribution in [3.63, 3.8) is 0 Å². The summed E-state index contributed by atoms with van der Waals surface area (Å²) >= 11 is 0. The van der Waals surface area contributed by atoms with Crippen LogP contribution in [0.2, 0.25) is 0 Å². The molecule has 1 aromatic rings. The molecule has 2 heterocycles. The highest BCUT2D eigenvalue weighted by atomic mass is 16.7. The lowest BCUT2D eigenvalue weighted by Gasteiger charge is -2.52. The van der Waals surface area contributed by atoms with E-state index in [1.165, 1.54) is 30.3 Å². The number of phenolic OH excluding ortho intramolecular Hbond substituents is 1. The summed E-state index contributed by atoms with van der Waals surface area (Å²) in [4.78, 5) is 12.3. The molecule has 1 saturated carbocycles. The van der Waals surface area contributed by atoms with Gasteiger partial charge in [0.2, 0.25) is 0 Å². The van der Waals surface area contributed by atoms with Gasteiger partial charge in [0.25, 0.3) is 0 Å². The van der Waals surface area contributed by atoms with Crippen molar-refractivity contribution in [2.24, 2.45) is 11.3 Å². The standard InChI is InChI=1S/C31H46O14/c1-16-11-20(12-29(3,4)31(16,40)10-9-17(2)32)44-27-24(36)23(35)22(34)21(45-27)13-41-28-25(37)30(39,15-43-28)14-42-26(38)18-5-7-19(33)8-6-18/h5-10,16-17,20-25,27-28,32-37,39-40H,11-15H2,1-4H3/b10-9+/t16-,17?,20+,21-,22-,23+,24-,25+,27-,28-,30-,31-/m1/s1. The first-order valence-electron chi connectivity index (χ1n) is 15.0. The molecule has 0 amide bonds. The maximum absolute atomic E-state index is 12.3. The second-order valence-electron chi connectivity index (χ2n) is 13.1. The van der Waals surface area contributed by atoms with Gasteiger partial charge in [0, 0.05) is 0 Å². The van der Waals surface area contributed by atoms with Gasteiger partial charge in [0.05, 0.1) is 36.6 Å². The Bertz CT molecular complexity index is 1170. The number of ether oxygens (including phenoxy) is 5. The summed E-state index contributed by atoms with van der Waals surface area (Å²) in [5.41, 5.74) is -3.84. The molecule has 2 aliphatic heterocycles. The van der Waals surface area contributed by atoms with Gasteiger partial charge in [-0.3, -0.25) is 0 Å². The fourth-order valence-electron chi connectivity index (χ4n) is 6.18. The van der Waals surface area contributed by atoms with Crippen LogP contribution in [0.15, 0.2) is 36.4 Å². The van der Waals surface area contributed by atoms with Crippen LogP contribution in [-0.4, -0.2) is 133 Å². The minimum atomic E-state index is -2.01. The zero-order valence-corrected chi connectivity index (χ0v) is 25.8. The number of aliphatic hydroxyl groups excluding tert-OH is 5. The van der Waals surface area contributed by atoms with Crippen LogP contribution in [0, 0.1) is 11.3 Å². The van der Waals surface area contributed by atoms with Crippen LogP contribution >= 0.6 is 0 Å². The Morgan fingerprint density at radius 3 is 2.36 bits per heavy atom. The largest absolute Gasteiger partial charge is 0.508 e. The van der Waals surface area contributed by atoms with Crippen molar-refractivity contribution < 1.29 is 69.3 Å². The molecular weight excluding hydrogens is 596 g/mol. The van der Waals surface area contributed by atoms with Gasteiger partial charge < -0.3 is 64.5 Å². The quantitative estimate of drug-likeness (QED) is 0.117. The highest BCUT2D eigenvalue weighted by molar-refractivity contribution is 5.89. The van der Waals surface area contributed by atoms with Crippen LogP contribution in [0.25, 0.3) is 0 Å². The van der Waals surface area contributed by atoms with Crippen LogP contribution in [0.1, 0.15) is 50.9 Å². The SMILES string of the molecule is CC(O)/C=C/[C@@]1(O)[C@H](C)C[C@H](O[C@@H]2O[C@H](CO[C@@H]3OC[C@](O)(COC(=O)c4ccc(O)cc4)[C@H]3O)[C@@H](O)[C@H](O)[C@H]2O)CC1(C)C. The Labute approximate surface area is 261 Å². The smallest absolute Gasteiger partial charge is 0.338 e. The Hall–Kier alpha value is -2.21. The highest BCUT2D eigenvalue weighted by Crippen LogP contribution is 2.49. The fraction of sp³-hybridized carbons (Fsp3) is 0.710. The fourth-order valence-corrected chi connectivity index (χ4v) is 6.18. The third-order valence-electron chi connectivity index (χ3n) is 9.10. The lowest BCUT2D eigenvalue weighted by atomic mass is 9.59. The molecule has 8 N–H and O–H groups in total. The predicted octanol–water partition coefficient (Wildman–Crippen LogP) is -0.669. The average Bonchev–Trinajstić information content (AvgIpc) is 3.26. The Balaban J connectivity index is 1.33. The summed E-state index contributed by atoms with van der Waals surface area (Å²) in [5, 5.41) is 83.8. The normalized spacial score (nSPS) is 40.8. The first-order chi connectivity index (χ1) is 21.0. The van der Waals surface area contributed by atoms with E-state index < -0.39 is 97.7 Å². The zero-order chi connectivity index (χ0) is 33.3. The number of hydrogen-bond acceptors (Lipinski definition) is 14. The maximum Gasteiger partial charge on any atom is 0.338 e. The molecule has 45 heavy (non-hydrogen) atoms. The maximum atomic E-state index is 12.3.